The minimum Gasteiger partial charge on any atom is -0.480 e. The third-order valence-electron chi connectivity index (χ3n) is 2.74. The maximum absolute atomic E-state index is 11.8. The second kappa shape index (κ2) is 5.09. The molecular formula is C11H14N2O4. The molecule has 1 aliphatic heterocycles. The summed E-state index contributed by atoms with van der Waals surface area (Å²) in [4.78, 5) is 23.3. The van der Waals surface area contributed by atoms with Gasteiger partial charge >= 0.3 is 0 Å². The highest BCUT2D eigenvalue weighted by Crippen LogP contribution is 2.13. The highest BCUT2D eigenvalue weighted by molar-refractivity contribution is 5.81. The molecule has 6 heteroatoms. The topological polar surface area (TPSA) is 70.4 Å². The number of methoxy groups -OCH3 is 1. The molecule has 17 heavy (non-hydrogen) atoms. The van der Waals surface area contributed by atoms with Gasteiger partial charge in [0.15, 0.2) is 5.78 Å². The summed E-state index contributed by atoms with van der Waals surface area (Å²) in [5.41, 5.74) is -0.307. The van der Waals surface area contributed by atoms with Crippen molar-refractivity contribution in [1.29, 1.82) is 0 Å². The van der Waals surface area contributed by atoms with Crippen molar-refractivity contribution in [2.45, 2.75) is 13.0 Å². The predicted molar refractivity (Wildman–Crippen MR) is 59.0 cm³/mol. The van der Waals surface area contributed by atoms with Crippen LogP contribution < -0.4 is 10.3 Å². The molecule has 0 aliphatic carbocycles. The van der Waals surface area contributed by atoms with E-state index in [1.165, 1.54) is 19.2 Å². The number of rotatable bonds is 4. The van der Waals surface area contributed by atoms with Gasteiger partial charge in [0.2, 0.25) is 5.88 Å². The molecular weight excluding hydrogens is 224 g/mol. The lowest BCUT2D eigenvalue weighted by atomic mass is 10.0. The average Bonchev–Trinajstić information content (AvgIpc) is 2.85. The van der Waals surface area contributed by atoms with Crippen molar-refractivity contribution in [3.05, 3.63) is 22.5 Å². The minimum absolute atomic E-state index is 0.0228. The first kappa shape index (κ1) is 11.8. The Labute approximate surface area is 98.1 Å². The molecule has 0 saturated carbocycles. The van der Waals surface area contributed by atoms with Crippen LogP contribution in [0.2, 0.25) is 0 Å². The summed E-state index contributed by atoms with van der Waals surface area (Å²) in [7, 11) is 1.46. The summed E-state index contributed by atoms with van der Waals surface area (Å²) in [5.74, 6) is 0.181. The highest BCUT2D eigenvalue weighted by atomic mass is 16.5. The van der Waals surface area contributed by atoms with Crippen LogP contribution in [-0.4, -0.2) is 35.9 Å². The van der Waals surface area contributed by atoms with Gasteiger partial charge in [-0.1, -0.05) is 0 Å². The fourth-order valence-electron chi connectivity index (χ4n) is 1.72. The molecule has 0 spiro atoms. The number of aromatic nitrogens is 2. The van der Waals surface area contributed by atoms with Crippen molar-refractivity contribution in [2.75, 3.05) is 20.3 Å². The lowest BCUT2D eigenvalue weighted by molar-refractivity contribution is -0.123. The molecule has 0 aromatic carbocycles. The van der Waals surface area contributed by atoms with E-state index in [-0.39, 0.29) is 23.8 Å². The van der Waals surface area contributed by atoms with Gasteiger partial charge in [0.05, 0.1) is 13.7 Å². The van der Waals surface area contributed by atoms with Crippen molar-refractivity contribution in [3.63, 3.8) is 0 Å². The first-order chi connectivity index (χ1) is 8.20. The Bertz CT molecular complexity index is 463. The number of ether oxygens (including phenoxy) is 2. The minimum atomic E-state index is -0.307. The molecule has 92 valence electrons. The largest absolute Gasteiger partial charge is 0.480 e. The standard InChI is InChI=1S/C11H14N2O4/c1-16-10-2-3-11(15)13(12-10)6-9(14)8-4-5-17-7-8/h2-3,8H,4-7H2,1H3. The zero-order valence-electron chi connectivity index (χ0n) is 9.59. The fourth-order valence-corrected chi connectivity index (χ4v) is 1.72. The van der Waals surface area contributed by atoms with Gasteiger partial charge in [0, 0.05) is 24.7 Å². The number of hydrogen-bond acceptors (Lipinski definition) is 5. The van der Waals surface area contributed by atoms with Crippen molar-refractivity contribution >= 4 is 5.78 Å². The molecule has 0 radical (unpaired) electrons. The second-order valence-corrected chi connectivity index (χ2v) is 3.90. The SMILES string of the molecule is COc1ccc(=O)n(CC(=O)C2CCOC2)n1. The summed E-state index contributed by atoms with van der Waals surface area (Å²) < 4.78 is 11.2. The molecule has 1 aromatic heterocycles. The molecule has 0 N–H and O–H groups in total. The Morgan fingerprint density at radius 2 is 2.47 bits per heavy atom. The zero-order valence-corrected chi connectivity index (χ0v) is 9.59. The van der Waals surface area contributed by atoms with Crippen molar-refractivity contribution in [2.24, 2.45) is 5.92 Å². The van der Waals surface area contributed by atoms with Crippen LogP contribution in [0.1, 0.15) is 6.42 Å². The van der Waals surface area contributed by atoms with E-state index in [4.69, 9.17) is 9.47 Å². The number of carbonyl (C=O) groups is 1. The van der Waals surface area contributed by atoms with Crippen LogP contribution in [0, 0.1) is 5.92 Å². The van der Waals surface area contributed by atoms with Crippen LogP contribution in [-0.2, 0) is 16.1 Å². The molecule has 1 saturated heterocycles. The van der Waals surface area contributed by atoms with Gasteiger partial charge in [0.1, 0.15) is 6.54 Å². The summed E-state index contributed by atoms with van der Waals surface area (Å²) in [6.45, 7) is 1.03. The lowest BCUT2D eigenvalue weighted by Crippen LogP contribution is -2.29. The van der Waals surface area contributed by atoms with Crippen LogP contribution in [0.15, 0.2) is 16.9 Å². The Balaban J connectivity index is 2.11. The summed E-state index contributed by atoms with van der Waals surface area (Å²) >= 11 is 0. The van der Waals surface area contributed by atoms with Gasteiger partial charge in [-0.25, -0.2) is 4.68 Å². The van der Waals surface area contributed by atoms with Gasteiger partial charge in [-0.15, -0.1) is 5.10 Å². The molecule has 1 fully saturated rings. The van der Waals surface area contributed by atoms with Gasteiger partial charge < -0.3 is 9.47 Å². The maximum Gasteiger partial charge on any atom is 0.267 e. The Hall–Kier alpha value is -1.69. The quantitative estimate of drug-likeness (QED) is 0.730. The van der Waals surface area contributed by atoms with Crippen LogP contribution in [0.3, 0.4) is 0 Å². The number of ketones is 1. The van der Waals surface area contributed by atoms with E-state index in [1.807, 2.05) is 0 Å². The van der Waals surface area contributed by atoms with Gasteiger partial charge in [-0.3, -0.25) is 9.59 Å². The average molecular weight is 238 g/mol. The molecule has 2 heterocycles. The van der Waals surface area contributed by atoms with E-state index in [2.05, 4.69) is 5.10 Å². The van der Waals surface area contributed by atoms with Crippen LogP contribution in [0.5, 0.6) is 5.88 Å². The highest BCUT2D eigenvalue weighted by Gasteiger charge is 2.24. The summed E-state index contributed by atoms with van der Waals surface area (Å²) in [6.07, 6.45) is 0.720. The van der Waals surface area contributed by atoms with Crippen molar-refractivity contribution in [3.8, 4) is 5.88 Å². The number of Topliss-reactive ketones (excluding diaryl/α,β-unsaturated/α-hetero) is 1. The smallest absolute Gasteiger partial charge is 0.267 e. The van der Waals surface area contributed by atoms with Gasteiger partial charge in [-0.2, -0.15) is 0 Å². The predicted octanol–water partition coefficient (Wildman–Crippen LogP) is -0.143. The Kier molecular flexibility index (Phi) is 3.53. The van der Waals surface area contributed by atoms with E-state index >= 15 is 0 Å². The molecule has 2 rings (SSSR count). The molecule has 1 aromatic rings. The first-order valence-electron chi connectivity index (χ1n) is 5.43. The lowest BCUT2D eigenvalue weighted by Gasteiger charge is -2.08. The van der Waals surface area contributed by atoms with Gasteiger partial charge in [-0.05, 0) is 6.42 Å². The molecule has 6 nitrogen and oxygen atoms in total. The van der Waals surface area contributed by atoms with Crippen LogP contribution in [0.25, 0.3) is 0 Å². The number of nitrogens with zero attached hydrogens (tertiary/aromatic N) is 2. The van der Waals surface area contributed by atoms with E-state index in [0.29, 0.717) is 19.1 Å². The maximum atomic E-state index is 11.8. The zero-order chi connectivity index (χ0) is 12.3. The van der Waals surface area contributed by atoms with E-state index in [0.717, 1.165) is 11.1 Å². The normalized spacial score (nSPS) is 19.2. The second-order valence-electron chi connectivity index (χ2n) is 3.90. The van der Waals surface area contributed by atoms with E-state index < -0.39 is 0 Å². The van der Waals surface area contributed by atoms with Gasteiger partial charge in [0.25, 0.3) is 5.56 Å². The van der Waals surface area contributed by atoms with E-state index in [1.54, 1.807) is 0 Å². The third-order valence-corrected chi connectivity index (χ3v) is 2.74. The first-order valence-corrected chi connectivity index (χ1v) is 5.43. The third kappa shape index (κ3) is 2.71. The monoisotopic (exact) mass is 238 g/mol. The van der Waals surface area contributed by atoms with Crippen molar-refractivity contribution < 1.29 is 14.3 Å². The van der Waals surface area contributed by atoms with Crippen molar-refractivity contribution in [1.82, 2.24) is 9.78 Å². The Morgan fingerprint density at radius 1 is 1.65 bits per heavy atom. The summed E-state index contributed by atoms with van der Waals surface area (Å²) in [5, 5.41) is 3.92. The Morgan fingerprint density at radius 3 is 3.12 bits per heavy atom. The molecule has 1 unspecified atom stereocenters. The van der Waals surface area contributed by atoms with E-state index in [9.17, 15) is 9.59 Å². The summed E-state index contributed by atoms with van der Waals surface area (Å²) in [6, 6.07) is 2.81. The fraction of sp³-hybridized carbons (Fsp3) is 0.545. The molecule has 0 bridgehead atoms. The van der Waals surface area contributed by atoms with Crippen LogP contribution >= 0.6 is 0 Å². The molecule has 0 amide bonds. The molecule has 1 aliphatic rings. The number of carbonyl (C=O) groups excluding carboxylic acids is 1. The van der Waals surface area contributed by atoms with Crippen LogP contribution in [0.4, 0.5) is 0 Å². The molecule has 1 atom stereocenters. The number of hydrogen-bond donors (Lipinski definition) is 0.